The van der Waals surface area contributed by atoms with Crippen LogP contribution in [0.1, 0.15) is 48.3 Å². The molecule has 0 unspecified atom stereocenters. The van der Waals surface area contributed by atoms with Crippen LogP contribution in [0.3, 0.4) is 0 Å². The number of fused-ring (bicyclic) bond motifs is 1. The minimum atomic E-state index is -0.0143. The SMILES string of the molecule is Cc1oc(-c2cccs2)nc1CN1CCc2nc(C(C)C)[nH]c(=O)c2C1. The molecule has 1 aliphatic rings. The normalized spacial score (nSPS) is 14.8. The second kappa shape index (κ2) is 6.81. The van der Waals surface area contributed by atoms with E-state index in [0.717, 1.165) is 46.4 Å². The molecule has 6 nitrogen and oxygen atoms in total. The van der Waals surface area contributed by atoms with Crippen molar-refractivity contribution in [2.45, 2.75) is 46.2 Å². The van der Waals surface area contributed by atoms with Crippen LogP contribution in [0.15, 0.2) is 26.7 Å². The van der Waals surface area contributed by atoms with Crippen molar-refractivity contribution in [2.24, 2.45) is 0 Å². The molecule has 0 atom stereocenters. The molecule has 3 aromatic rings. The Bertz CT molecular complexity index is 972. The van der Waals surface area contributed by atoms with Crippen LogP contribution < -0.4 is 5.56 Å². The highest BCUT2D eigenvalue weighted by Crippen LogP contribution is 2.27. The maximum atomic E-state index is 12.5. The first-order valence-electron chi connectivity index (χ1n) is 8.85. The van der Waals surface area contributed by atoms with Gasteiger partial charge in [0.25, 0.3) is 5.56 Å². The molecule has 0 fully saturated rings. The van der Waals surface area contributed by atoms with Crippen molar-refractivity contribution < 1.29 is 4.42 Å². The van der Waals surface area contributed by atoms with Gasteiger partial charge >= 0.3 is 0 Å². The highest BCUT2D eigenvalue weighted by Gasteiger charge is 2.23. The molecule has 0 radical (unpaired) electrons. The van der Waals surface area contributed by atoms with E-state index in [2.05, 4.69) is 19.9 Å². The summed E-state index contributed by atoms with van der Waals surface area (Å²) in [7, 11) is 0. The molecular formula is C19H22N4O2S. The maximum absolute atomic E-state index is 12.5. The van der Waals surface area contributed by atoms with Gasteiger partial charge in [-0.3, -0.25) is 9.69 Å². The van der Waals surface area contributed by atoms with Crippen molar-refractivity contribution in [3.05, 3.63) is 56.4 Å². The number of aromatic nitrogens is 3. The predicted octanol–water partition coefficient (Wildman–Crippen LogP) is 3.48. The Hall–Kier alpha value is -2.25. The number of hydrogen-bond donors (Lipinski definition) is 1. The van der Waals surface area contributed by atoms with Crippen LogP contribution >= 0.6 is 11.3 Å². The van der Waals surface area contributed by atoms with E-state index in [1.54, 1.807) is 11.3 Å². The highest BCUT2D eigenvalue weighted by atomic mass is 32.1. The number of aromatic amines is 1. The first-order chi connectivity index (χ1) is 12.5. The molecule has 0 aliphatic carbocycles. The summed E-state index contributed by atoms with van der Waals surface area (Å²) in [5.41, 5.74) is 2.63. The van der Waals surface area contributed by atoms with Crippen molar-refractivity contribution in [1.82, 2.24) is 19.9 Å². The summed E-state index contributed by atoms with van der Waals surface area (Å²) in [6, 6.07) is 4.00. The Morgan fingerprint density at radius 1 is 1.38 bits per heavy atom. The molecule has 0 saturated heterocycles. The van der Waals surface area contributed by atoms with E-state index < -0.39 is 0 Å². The van der Waals surface area contributed by atoms with E-state index in [4.69, 9.17) is 4.42 Å². The Balaban J connectivity index is 1.54. The fourth-order valence-corrected chi connectivity index (χ4v) is 3.85. The summed E-state index contributed by atoms with van der Waals surface area (Å²) < 4.78 is 5.83. The molecule has 3 aromatic heterocycles. The van der Waals surface area contributed by atoms with E-state index in [0.29, 0.717) is 19.0 Å². The van der Waals surface area contributed by atoms with Gasteiger partial charge in [0.2, 0.25) is 5.89 Å². The molecule has 1 aliphatic heterocycles. The predicted molar refractivity (Wildman–Crippen MR) is 101 cm³/mol. The van der Waals surface area contributed by atoms with Crippen LogP contribution in [-0.4, -0.2) is 26.4 Å². The largest absolute Gasteiger partial charge is 0.440 e. The van der Waals surface area contributed by atoms with Crippen molar-refractivity contribution in [3.8, 4) is 10.8 Å². The zero-order valence-electron chi connectivity index (χ0n) is 15.2. The second-order valence-electron chi connectivity index (χ2n) is 6.99. The lowest BCUT2D eigenvalue weighted by molar-refractivity contribution is 0.237. The van der Waals surface area contributed by atoms with Crippen molar-refractivity contribution in [2.75, 3.05) is 6.54 Å². The third-order valence-electron chi connectivity index (χ3n) is 4.71. The number of aryl methyl sites for hydroxylation is 1. The molecule has 0 bridgehead atoms. The van der Waals surface area contributed by atoms with E-state index in [1.165, 1.54) is 0 Å². The standard InChI is InChI=1S/C19H22N4O2S/c1-11(2)17-20-14-6-7-23(9-13(14)18(24)22-17)10-15-12(3)25-19(21-15)16-5-4-8-26-16/h4-5,8,11H,6-7,9-10H2,1-3H3,(H,20,22,24). The van der Waals surface area contributed by atoms with Crippen molar-refractivity contribution in [1.29, 1.82) is 0 Å². The molecule has 4 rings (SSSR count). The lowest BCUT2D eigenvalue weighted by Crippen LogP contribution is -2.36. The molecule has 0 amide bonds. The topological polar surface area (TPSA) is 75.0 Å². The molecule has 0 saturated carbocycles. The van der Waals surface area contributed by atoms with Gasteiger partial charge in [-0.1, -0.05) is 19.9 Å². The van der Waals surface area contributed by atoms with Gasteiger partial charge in [0.1, 0.15) is 11.6 Å². The third kappa shape index (κ3) is 3.24. The molecule has 136 valence electrons. The van der Waals surface area contributed by atoms with Crippen LogP contribution in [0.5, 0.6) is 0 Å². The monoisotopic (exact) mass is 370 g/mol. The molecular weight excluding hydrogens is 348 g/mol. The number of thiophene rings is 1. The molecule has 0 spiro atoms. The maximum Gasteiger partial charge on any atom is 0.255 e. The van der Waals surface area contributed by atoms with Crippen LogP contribution in [0, 0.1) is 6.92 Å². The number of nitrogens with zero attached hydrogens (tertiary/aromatic N) is 3. The lowest BCUT2D eigenvalue weighted by Gasteiger charge is -2.27. The summed E-state index contributed by atoms with van der Waals surface area (Å²) in [6.07, 6.45) is 0.785. The average Bonchev–Trinajstić information content (AvgIpc) is 3.25. The van der Waals surface area contributed by atoms with Crippen LogP contribution in [0.2, 0.25) is 0 Å². The number of rotatable bonds is 4. The Kier molecular flexibility index (Phi) is 4.50. The van der Waals surface area contributed by atoms with Gasteiger partial charge in [-0.2, -0.15) is 0 Å². The quantitative estimate of drug-likeness (QED) is 0.761. The minimum absolute atomic E-state index is 0.0143. The molecule has 1 N–H and O–H groups in total. The van der Waals surface area contributed by atoms with Gasteiger partial charge in [0.15, 0.2) is 0 Å². The van der Waals surface area contributed by atoms with Crippen LogP contribution in [0.25, 0.3) is 10.8 Å². The van der Waals surface area contributed by atoms with Gasteiger partial charge in [-0.25, -0.2) is 9.97 Å². The average molecular weight is 370 g/mol. The van der Waals surface area contributed by atoms with Crippen LogP contribution in [-0.2, 0) is 19.5 Å². The lowest BCUT2D eigenvalue weighted by atomic mass is 10.1. The molecule has 26 heavy (non-hydrogen) atoms. The van der Waals surface area contributed by atoms with E-state index in [9.17, 15) is 4.79 Å². The van der Waals surface area contributed by atoms with E-state index in [1.807, 2.05) is 38.3 Å². The van der Waals surface area contributed by atoms with Gasteiger partial charge in [-0.15, -0.1) is 11.3 Å². The smallest absolute Gasteiger partial charge is 0.255 e. The highest BCUT2D eigenvalue weighted by molar-refractivity contribution is 7.13. The zero-order chi connectivity index (χ0) is 18.3. The first kappa shape index (κ1) is 17.2. The molecule has 7 heteroatoms. The Morgan fingerprint density at radius 3 is 2.96 bits per heavy atom. The third-order valence-corrected chi connectivity index (χ3v) is 5.57. The zero-order valence-corrected chi connectivity index (χ0v) is 16.0. The number of H-pyrrole nitrogens is 1. The number of nitrogens with one attached hydrogen (secondary N) is 1. The summed E-state index contributed by atoms with van der Waals surface area (Å²) >= 11 is 1.62. The molecule has 0 aromatic carbocycles. The summed E-state index contributed by atoms with van der Waals surface area (Å²) in [5.74, 6) is 2.50. The van der Waals surface area contributed by atoms with Gasteiger partial charge in [0.05, 0.1) is 21.8 Å². The van der Waals surface area contributed by atoms with Gasteiger partial charge < -0.3 is 9.40 Å². The van der Waals surface area contributed by atoms with E-state index in [-0.39, 0.29) is 11.5 Å². The fraction of sp³-hybridized carbons (Fsp3) is 0.421. The number of oxazole rings is 1. The van der Waals surface area contributed by atoms with Crippen LogP contribution in [0.4, 0.5) is 0 Å². The Labute approximate surface area is 155 Å². The summed E-state index contributed by atoms with van der Waals surface area (Å²) in [4.78, 5) is 28.0. The van der Waals surface area contributed by atoms with Crippen molar-refractivity contribution >= 4 is 11.3 Å². The fourth-order valence-electron chi connectivity index (χ4n) is 3.20. The number of hydrogen-bond acceptors (Lipinski definition) is 6. The first-order valence-corrected chi connectivity index (χ1v) is 9.73. The molecule has 4 heterocycles. The van der Waals surface area contributed by atoms with Crippen molar-refractivity contribution in [3.63, 3.8) is 0 Å². The van der Waals surface area contributed by atoms with Gasteiger partial charge in [0, 0.05) is 32.0 Å². The minimum Gasteiger partial charge on any atom is -0.440 e. The summed E-state index contributed by atoms with van der Waals surface area (Å²) in [5, 5.41) is 2.01. The second-order valence-corrected chi connectivity index (χ2v) is 7.94. The van der Waals surface area contributed by atoms with E-state index >= 15 is 0 Å². The van der Waals surface area contributed by atoms with Gasteiger partial charge in [-0.05, 0) is 18.4 Å². The summed E-state index contributed by atoms with van der Waals surface area (Å²) in [6.45, 7) is 8.15. The Morgan fingerprint density at radius 2 is 2.23 bits per heavy atom.